The third-order valence-corrected chi connectivity index (χ3v) is 4.09. The number of carbonyl (C=O) groups is 2. The maximum atomic E-state index is 12.4. The Balaban J connectivity index is 0.00000288. The van der Waals surface area contributed by atoms with Gasteiger partial charge in [0.25, 0.3) is 0 Å². The number of amides is 2. The van der Waals surface area contributed by atoms with Crippen LogP contribution in [0, 0.1) is 13.8 Å². The number of benzene rings is 1. The Labute approximate surface area is 149 Å². The van der Waals surface area contributed by atoms with E-state index in [2.05, 4.69) is 10.6 Å². The number of hydrogen-bond acceptors (Lipinski definition) is 4. The number of para-hydroxylation sites is 1. The van der Waals surface area contributed by atoms with Crippen molar-refractivity contribution in [1.29, 1.82) is 0 Å². The molecule has 6 nitrogen and oxygen atoms in total. The fourth-order valence-corrected chi connectivity index (χ4v) is 2.73. The van der Waals surface area contributed by atoms with Gasteiger partial charge in [0.1, 0.15) is 6.04 Å². The molecule has 2 atom stereocenters. The number of likely N-dealkylation sites (N-methyl/N-ethyl adjacent to an activating group) is 1. The van der Waals surface area contributed by atoms with Crippen LogP contribution >= 0.6 is 12.4 Å². The van der Waals surface area contributed by atoms with Gasteiger partial charge < -0.3 is 20.3 Å². The maximum Gasteiger partial charge on any atom is 0.243 e. The smallest absolute Gasteiger partial charge is 0.243 e. The topological polar surface area (TPSA) is 70.7 Å². The summed E-state index contributed by atoms with van der Waals surface area (Å²) in [7, 11) is 1.63. The SMILES string of the molecule is Cc1cccc(C)c1NC(=O)CN(C)C(=O)[C@H]1NCCO[C@@H]1C.Cl. The molecular weight excluding hydrogens is 330 g/mol. The lowest BCUT2D eigenvalue weighted by Gasteiger charge is -2.32. The summed E-state index contributed by atoms with van der Waals surface area (Å²) in [5, 5.41) is 6.04. The van der Waals surface area contributed by atoms with Crippen molar-refractivity contribution in [1.82, 2.24) is 10.2 Å². The molecule has 1 aliphatic rings. The van der Waals surface area contributed by atoms with E-state index in [9.17, 15) is 9.59 Å². The number of carbonyl (C=O) groups excluding carboxylic acids is 2. The molecule has 2 rings (SSSR count). The number of ether oxygens (including phenoxy) is 1. The molecule has 2 N–H and O–H groups in total. The summed E-state index contributed by atoms with van der Waals surface area (Å²) in [4.78, 5) is 26.1. The molecule has 0 unspecified atom stereocenters. The van der Waals surface area contributed by atoms with Crippen molar-refractivity contribution < 1.29 is 14.3 Å². The van der Waals surface area contributed by atoms with Crippen LogP contribution in [-0.4, -0.2) is 55.6 Å². The van der Waals surface area contributed by atoms with Gasteiger partial charge in [0, 0.05) is 19.3 Å². The van der Waals surface area contributed by atoms with E-state index >= 15 is 0 Å². The number of anilines is 1. The predicted octanol–water partition coefficient (Wildman–Crippen LogP) is 1.50. The van der Waals surface area contributed by atoms with Crippen LogP contribution < -0.4 is 10.6 Å². The lowest BCUT2D eigenvalue weighted by Crippen LogP contribution is -2.56. The summed E-state index contributed by atoms with van der Waals surface area (Å²) in [5.74, 6) is -0.337. The highest BCUT2D eigenvalue weighted by Gasteiger charge is 2.31. The first-order chi connectivity index (χ1) is 10.9. The van der Waals surface area contributed by atoms with E-state index in [0.717, 1.165) is 16.8 Å². The number of aryl methyl sites for hydroxylation is 2. The van der Waals surface area contributed by atoms with Crippen molar-refractivity contribution in [2.24, 2.45) is 0 Å². The first-order valence-electron chi connectivity index (χ1n) is 7.86. The van der Waals surface area contributed by atoms with Gasteiger partial charge in [-0.2, -0.15) is 0 Å². The minimum absolute atomic E-state index is 0. The summed E-state index contributed by atoms with van der Waals surface area (Å²) >= 11 is 0. The van der Waals surface area contributed by atoms with Crippen molar-refractivity contribution in [3.05, 3.63) is 29.3 Å². The van der Waals surface area contributed by atoms with Crippen molar-refractivity contribution in [3.8, 4) is 0 Å². The van der Waals surface area contributed by atoms with Gasteiger partial charge >= 0.3 is 0 Å². The minimum atomic E-state index is -0.401. The van der Waals surface area contributed by atoms with Gasteiger partial charge in [-0.25, -0.2) is 0 Å². The number of morpholine rings is 1. The van der Waals surface area contributed by atoms with Gasteiger partial charge in [0.15, 0.2) is 0 Å². The second-order valence-corrected chi connectivity index (χ2v) is 6.02. The van der Waals surface area contributed by atoms with Crippen LogP contribution in [0.2, 0.25) is 0 Å². The number of nitrogens with zero attached hydrogens (tertiary/aromatic N) is 1. The molecular formula is C17H26ClN3O3. The van der Waals surface area contributed by atoms with Gasteiger partial charge in [0.2, 0.25) is 11.8 Å². The maximum absolute atomic E-state index is 12.4. The molecule has 1 aromatic rings. The van der Waals surface area contributed by atoms with Gasteiger partial charge in [-0.1, -0.05) is 18.2 Å². The van der Waals surface area contributed by atoms with E-state index in [1.165, 1.54) is 4.90 Å². The Morgan fingerprint density at radius 2 is 1.96 bits per heavy atom. The molecule has 0 bridgehead atoms. The second kappa shape index (κ2) is 9.01. The first-order valence-corrected chi connectivity index (χ1v) is 7.86. The molecule has 0 spiro atoms. The summed E-state index contributed by atoms with van der Waals surface area (Å²) < 4.78 is 5.48. The van der Waals surface area contributed by atoms with Crippen LogP contribution in [0.15, 0.2) is 18.2 Å². The number of rotatable bonds is 4. The zero-order chi connectivity index (χ0) is 17.0. The van der Waals surface area contributed by atoms with Crippen LogP contribution in [0.5, 0.6) is 0 Å². The van der Waals surface area contributed by atoms with Crippen molar-refractivity contribution >= 4 is 29.9 Å². The molecule has 7 heteroatoms. The molecule has 1 saturated heterocycles. The van der Waals surface area contributed by atoms with E-state index < -0.39 is 6.04 Å². The third-order valence-electron chi connectivity index (χ3n) is 4.09. The molecule has 1 aliphatic heterocycles. The Kier molecular flexibility index (Phi) is 7.66. The van der Waals surface area contributed by atoms with Crippen molar-refractivity contribution in [3.63, 3.8) is 0 Å². The highest BCUT2D eigenvalue weighted by atomic mass is 35.5. The van der Waals surface area contributed by atoms with Crippen molar-refractivity contribution in [2.45, 2.75) is 32.9 Å². The Morgan fingerprint density at radius 3 is 2.54 bits per heavy atom. The first kappa shape index (κ1) is 20.4. The zero-order valence-electron chi connectivity index (χ0n) is 14.6. The predicted molar refractivity (Wildman–Crippen MR) is 96.6 cm³/mol. The van der Waals surface area contributed by atoms with Crippen molar-refractivity contribution in [2.75, 3.05) is 32.1 Å². The third kappa shape index (κ3) is 4.93. The van der Waals surface area contributed by atoms with Crippen LogP contribution in [0.3, 0.4) is 0 Å². The van der Waals surface area contributed by atoms with Crippen LogP contribution in [0.1, 0.15) is 18.1 Å². The fraction of sp³-hybridized carbons (Fsp3) is 0.529. The number of hydrogen-bond donors (Lipinski definition) is 2. The molecule has 1 fully saturated rings. The average molecular weight is 356 g/mol. The molecule has 24 heavy (non-hydrogen) atoms. The summed E-state index contributed by atoms with van der Waals surface area (Å²) in [6, 6.07) is 5.44. The summed E-state index contributed by atoms with van der Waals surface area (Å²) in [5.41, 5.74) is 2.82. The Bertz CT molecular complexity index is 574. The van der Waals surface area contributed by atoms with E-state index in [1.54, 1.807) is 7.05 Å². The summed E-state index contributed by atoms with van der Waals surface area (Å²) in [6.45, 7) is 7.01. The van der Waals surface area contributed by atoms with E-state index in [4.69, 9.17) is 4.74 Å². The van der Waals surface area contributed by atoms with E-state index in [1.807, 2.05) is 39.0 Å². The van der Waals surface area contributed by atoms with Crippen LogP contribution in [-0.2, 0) is 14.3 Å². The highest BCUT2D eigenvalue weighted by molar-refractivity contribution is 5.96. The van der Waals surface area contributed by atoms with Gasteiger partial charge in [-0.15, -0.1) is 12.4 Å². The largest absolute Gasteiger partial charge is 0.375 e. The fourth-order valence-electron chi connectivity index (χ4n) is 2.73. The molecule has 0 aliphatic carbocycles. The van der Waals surface area contributed by atoms with E-state index in [0.29, 0.717) is 13.2 Å². The Hall–Kier alpha value is -1.63. The molecule has 0 radical (unpaired) electrons. The number of halogens is 1. The molecule has 0 aromatic heterocycles. The standard InChI is InChI=1S/C17H25N3O3.ClH/c1-11-6-5-7-12(2)15(11)19-14(21)10-20(4)17(22)16-13(3)23-9-8-18-16;/h5-7,13,16,18H,8-10H2,1-4H3,(H,19,21);1H/t13-,16+;/m1./s1. The lowest BCUT2D eigenvalue weighted by molar-refractivity contribution is -0.140. The lowest BCUT2D eigenvalue weighted by atomic mass is 10.1. The van der Waals surface area contributed by atoms with Gasteiger partial charge in [-0.05, 0) is 31.9 Å². The zero-order valence-corrected chi connectivity index (χ0v) is 15.4. The molecule has 1 heterocycles. The quantitative estimate of drug-likeness (QED) is 0.858. The Morgan fingerprint density at radius 1 is 1.33 bits per heavy atom. The molecule has 0 saturated carbocycles. The molecule has 2 amide bonds. The van der Waals surface area contributed by atoms with Crippen LogP contribution in [0.4, 0.5) is 5.69 Å². The van der Waals surface area contributed by atoms with Crippen LogP contribution in [0.25, 0.3) is 0 Å². The average Bonchev–Trinajstić information content (AvgIpc) is 2.51. The highest BCUT2D eigenvalue weighted by Crippen LogP contribution is 2.19. The second-order valence-electron chi connectivity index (χ2n) is 6.02. The monoisotopic (exact) mass is 355 g/mol. The molecule has 1 aromatic carbocycles. The minimum Gasteiger partial charge on any atom is -0.375 e. The normalized spacial score (nSPS) is 20.0. The molecule has 134 valence electrons. The van der Waals surface area contributed by atoms with Gasteiger partial charge in [0.05, 0.1) is 19.3 Å². The number of nitrogens with one attached hydrogen (secondary N) is 2. The summed E-state index contributed by atoms with van der Waals surface area (Å²) in [6.07, 6.45) is -0.194. The van der Waals surface area contributed by atoms with Gasteiger partial charge in [-0.3, -0.25) is 9.59 Å². The van der Waals surface area contributed by atoms with E-state index in [-0.39, 0.29) is 36.9 Å².